The van der Waals surface area contributed by atoms with Crippen LogP contribution in [0.1, 0.15) is 45.4 Å². The predicted molar refractivity (Wildman–Crippen MR) is 129 cm³/mol. The Labute approximate surface area is 194 Å². The summed E-state index contributed by atoms with van der Waals surface area (Å²) in [5, 5.41) is 2.95. The van der Waals surface area contributed by atoms with Crippen molar-refractivity contribution >= 4 is 17.7 Å². The van der Waals surface area contributed by atoms with Crippen molar-refractivity contribution in [3.63, 3.8) is 0 Å². The molecule has 0 bridgehead atoms. The largest absolute Gasteiger partial charge is 0.495 e. The molecule has 33 heavy (non-hydrogen) atoms. The summed E-state index contributed by atoms with van der Waals surface area (Å²) < 4.78 is 10.6. The average Bonchev–Trinajstić information content (AvgIpc) is 3.08. The van der Waals surface area contributed by atoms with Crippen LogP contribution >= 0.6 is 0 Å². The summed E-state index contributed by atoms with van der Waals surface area (Å²) in [6, 6.07) is 15.1. The number of benzene rings is 2. The van der Waals surface area contributed by atoms with Gasteiger partial charge in [0.05, 0.1) is 31.5 Å². The smallest absolute Gasteiger partial charge is 0.340 e. The molecule has 0 saturated heterocycles. The molecule has 0 radical (unpaired) electrons. The second kappa shape index (κ2) is 10.7. The van der Waals surface area contributed by atoms with E-state index in [0.29, 0.717) is 36.7 Å². The van der Waals surface area contributed by atoms with Crippen LogP contribution in [0.15, 0.2) is 48.5 Å². The standard InChI is InChI=1S/C26H31N3O4/c1-6-33-25(30)24-18(3)22(27-19(24)4)16-29(15-20-13-11-17(2)12-14-20)26(31)28-21-9-7-8-10-23(21)32-5/h7-14,27H,6,15-16H2,1-5H3,(H,28,31). The molecule has 1 aromatic heterocycles. The van der Waals surface area contributed by atoms with Crippen molar-refractivity contribution < 1.29 is 19.1 Å². The van der Waals surface area contributed by atoms with Gasteiger partial charge < -0.3 is 24.7 Å². The van der Waals surface area contributed by atoms with E-state index in [1.165, 1.54) is 0 Å². The number of anilines is 1. The van der Waals surface area contributed by atoms with Crippen LogP contribution in [0.4, 0.5) is 10.5 Å². The lowest BCUT2D eigenvalue weighted by atomic mass is 10.1. The number of amides is 2. The normalized spacial score (nSPS) is 10.6. The van der Waals surface area contributed by atoms with Crippen molar-refractivity contribution in [1.82, 2.24) is 9.88 Å². The fourth-order valence-electron chi connectivity index (χ4n) is 3.73. The molecule has 0 atom stereocenters. The monoisotopic (exact) mass is 449 g/mol. The van der Waals surface area contributed by atoms with Gasteiger partial charge >= 0.3 is 12.0 Å². The number of nitrogens with zero attached hydrogens (tertiary/aromatic N) is 1. The van der Waals surface area contributed by atoms with E-state index in [4.69, 9.17) is 9.47 Å². The molecule has 0 aliphatic carbocycles. The third-order valence-corrected chi connectivity index (χ3v) is 5.50. The first kappa shape index (κ1) is 23.9. The van der Waals surface area contributed by atoms with Crippen molar-refractivity contribution in [2.45, 2.75) is 40.8 Å². The Morgan fingerprint density at radius 3 is 2.36 bits per heavy atom. The molecular formula is C26H31N3O4. The highest BCUT2D eigenvalue weighted by Crippen LogP contribution is 2.25. The Hall–Kier alpha value is -3.74. The summed E-state index contributed by atoms with van der Waals surface area (Å²) in [6.45, 7) is 8.50. The van der Waals surface area contributed by atoms with E-state index in [-0.39, 0.29) is 12.0 Å². The van der Waals surface area contributed by atoms with E-state index in [0.717, 1.165) is 28.1 Å². The van der Waals surface area contributed by atoms with Crippen LogP contribution in [0, 0.1) is 20.8 Å². The maximum Gasteiger partial charge on any atom is 0.340 e. The van der Waals surface area contributed by atoms with E-state index in [2.05, 4.69) is 10.3 Å². The van der Waals surface area contributed by atoms with E-state index in [1.807, 2.05) is 57.2 Å². The van der Waals surface area contributed by atoms with Gasteiger partial charge in [-0.1, -0.05) is 42.0 Å². The fraction of sp³-hybridized carbons (Fsp3) is 0.308. The third kappa shape index (κ3) is 5.74. The number of rotatable bonds is 8. The highest BCUT2D eigenvalue weighted by molar-refractivity contribution is 5.93. The summed E-state index contributed by atoms with van der Waals surface area (Å²) in [6.07, 6.45) is 0. The number of hydrogen-bond acceptors (Lipinski definition) is 4. The lowest BCUT2D eigenvalue weighted by Gasteiger charge is -2.24. The second-order valence-electron chi connectivity index (χ2n) is 7.92. The Morgan fingerprint density at radius 2 is 1.70 bits per heavy atom. The summed E-state index contributed by atoms with van der Waals surface area (Å²) in [4.78, 5) is 30.7. The molecule has 1 heterocycles. The number of carbonyl (C=O) groups is 2. The molecule has 7 nitrogen and oxygen atoms in total. The number of methoxy groups -OCH3 is 1. The van der Waals surface area contributed by atoms with Gasteiger partial charge in [-0.2, -0.15) is 0 Å². The zero-order chi connectivity index (χ0) is 24.0. The molecule has 3 aromatic rings. The summed E-state index contributed by atoms with van der Waals surface area (Å²) in [5.41, 5.74) is 5.56. The predicted octanol–water partition coefficient (Wildman–Crippen LogP) is 5.36. The third-order valence-electron chi connectivity index (χ3n) is 5.50. The maximum atomic E-state index is 13.3. The molecule has 0 spiro atoms. The molecule has 0 saturated carbocycles. The molecule has 2 amide bonds. The van der Waals surface area contributed by atoms with Crippen LogP contribution < -0.4 is 10.1 Å². The Kier molecular flexibility index (Phi) is 7.77. The zero-order valence-electron chi connectivity index (χ0n) is 19.8. The van der Waals surface area contributed by atoms with E-state index in [9.17, 15) is 9.59 Å². The summed E-state index contributed by atoms with van der Waals surface area (Å²) in [7, 11) is 1.57. The van der Waals surface area contributed by atoms with Gasteiger partial charge in [0.25, 0.3) is 0 Å². The topological polar surface area (TPSA) is 83.7 Å². The van der Waals surface area contributed by atoms with Crippen LogP contribution in [-0.4, -0.2) is 35.6 Å². The lowest BCUT2D eigenvalue weighted by Crippen LogP contribution is -2.34. The van der Waals surface area contributed by atoms with Crippen molar-refractivity contribution in [2.24, 2.45) is 0 Å². The fourth-order valence-corrected chi connectivity index (χ4v) is 3.73. The SMILES string of the molecule is CCOC(=O)c1c(C)[nH]c(CN(Cc2ccc(C)cc2)C(=O)Nc2ccccc2OC)c1C. The number of H-pyrrole nitrogens is 1. The average molecular weight is 450 g/mol. The van der Waals surface area contributed by atoms with Crippen LogP contribution in [0.2, 0.25) is 0 Å². The Morgan fingerprint density at radius 1 is 1.00 bits per heavy atom. The minimum atomic E-state index is -0.362. The van der Waals surface area contributed by atoms with E-state index >= 15 is 0 Å². The molecule has 174 valence electrons. The van der Waals surface area contributed by atoms with Crippen molar-refractivity contribution in [2.75, 3.05) is 19.0 Å². The van der Waals surface area contributed by atoms with Crippen LogP contribution in [0.25, 0.3) is 0 Å². The molecule has 0 aliphatic heterocycles. The highest BCUT2D eigenvalue weighted by atomic mass is 16.5. The maximum absolute atomic E-state index is 13.3. The van der Waals surface area contributed by atoms with E-state index < -0.39 is 0 Å². The number of aromatic nitrogens is 1. The van der Waals surface area contributed by atoms with Gasteiger partial charge in [0, 0.05) is 17.9 Å². The lowest BCUT2D eigenvalue weighted by molar-refractivity contribution is 0.0525. The zero-order valence-corrected chi connectivity index (χ0v) is 19.8. The number of para-hydroxylation sites is 2. The molecule has 0 fully saturated rings. The van der Waals surface area contributed by atoms with Crippen LogP contribution in [0.3, 0.4) is 0 Å². The number of urea groups is 1. The number of nitrogens with one attached hydrogen (secondary N) is 2. The first-order valence-electron chi connectivity index (χ1n) is 10.9. The number of carbonyl (C=O) groups excluding carboxylic acids is 2. The molecule has 2 N–H and O–H groups in total. The van der Waals surface area contributed by atoms with Crippen molar-refractivity contribution in [1.29, 1.82) is 0 Å². The summed E-state index contributed by atoms with van der Waals surface area (Å²) >= 11 is 0. The second-order valence-corrected chi connectivity index (χ2v) is 7.92. The van der Waals surface area contributed by atoms with Crippen molar-refractivity contribution in [3.8, 4) is 5.75 Å². The molecule has 2 aromatic carbocycles. The molecule has 3 rings (SSSR count). The number of aryl methyl sites for hydroxylation is 2. The molecule has 7 heteroatoms. The highest BCUT2D eigenvalue weighted by Gasteiger charge is 2.23. The number of aromatic amines is 1. The Balaban J connectivity index is 1.90. The number of esters is 1. The first-order chi connectivity index (χ1) is 15.8. The van der Waals surface area contributed by atoms with Gasteiger partial charge in [-0.05, 0) is 51.0 Å². The van der Waals surface area contributed by atoms with Crippen LogP contribution in [-0.2, 0) is 17.8 Å². The van der Waals surface area contributed by atoms with Crippen LogP contribution in [0.5, 0.6) is 5.75 Å². The number of ether oxygens (including phenoxy) is 2. The van der Waals surface area contributed by atoms with Gasteiger partial charge in [0.2, 0.25) is 0 Å². The van der Waals surface area contributed by atoms with Gasteiger partial charge in [0.1, 0.15) is 5.75 Å². The van der Waals surface area contributed by atoms with E-state index in [1.54, 1.807) is 31.1 Å². The molecule has 0 aliphatic rings. The van der Waals surface area contributed by atoms with Gasteiger partial charge in [-0.15, -0.1) is 0 Å². The molecule has 0 unspecified atom stereocenters. The van der Waals surface area contributed by atoms with Crippen molar-refractivity contribution in [3.05, 3.63) is 82.2 Å². The first-order valence-corrected chi connectivity index (χ1v) is 10.9. The quantitative estimate of drug-likeness (QED) is 0.454. The van der Waals surface area contributed by atoms with Gasteiger partial charge in [-0.3, -0.25) is 0 Å². The Bertz CT molecular complexity index is 1120. The van der Waals surface area contributed by atoms with Gasteiger partial charge in [0.15, 0.2) is 0 Å². The minimum Gasteiger partial charge on any atom is -0.495 e. The number of hydrogen-bond donors (Lipinski definition) is 2. The minimum absolute atomic E-state index is 0.274. The molecular weight excluding hydrogens is 418 g/mol. The summed E-state index contributed by atoms with van der Waals surface area (Å²) in [5.74, 6) is 0.219. The van der Waals surface area contributed by atoms with Gasteiger partial charge in [-0.25, -0.2) is 9.59 Å².